The van der Waals surface area contributed by atoms with E-state index in [1.165, 1.54) is 0 Å². The van der Waals surface area contributed by atoms with Gasteiger partial charge in [-0.05, 0) is 12.8 Å². The Labute approximate surface area is 85.6 Å². The SMILES string of the molecule is CCC(CC)OC(=O)N1CCNCC1. The lowest BCUT2D eigenvalue weighted by Gasteiger charge is -2.28. The highest BCUT2D eigenvalue weighted by atomic mass is 16.6. The van der Waals surface area contributed by atoms with E-state index < -0.39 is 0 Å². The van der Waals surface area contributed by atoms with Gasteiger partial charge < -0.3 is 15.0 Å². The van der Waals surface area contributed by atoms with Crippen LogP contribution in [0.4, 0.5) is 4.79 Å². The van der Waals surface area contributed by atoms with Crippen molar-refractivity contribution in [1.82, 2.24) is 10.2 Å². The summed E-state index contributed by atoms with van der Waals surface area (Å²) >= 11 is 0. The van der Waals surface area contributed by atoms with Crippen LogP contribution in [0.2, 0.25) is 0 Å². The molecule has 0 saturated carbocycles. The molecule has 1 heterocycles. The van der Waals surface area contributed by atoms with Crippen LogP contribution in [0.5, 0.6) is 0 Å². The van der Waals surface area contributed by atoms with Crippen LogP contribution in [0, 0.1) is 0 Å². The Hall–Kier alpha value is -0.770. The topological polar surface area (TPSA) is 41.6 Å². The van der Waals surface area contributed by atoms with E-state index >= 15 is 0 Å². The lowest BCUT2D eigenvalue weighted by molar-refractivity contribution is 0.0562. The molecule has 0 aromatic rings. The van der Waals surface area contributed by atoms with Crippen molar-refractivity contribution >= 4 is 6.09 Å². The molecular formula is C10H20N2O2. The molecule has 4 heteroatoms. The van der Waals surface area contributed by atoms with Crippen LogP contribution in [0.25, 0.3) is 0 Å². The van der Waals surface area contributed by atoms with E-state index in [-0.39, 0.29) is 12.2 Å². The molecule has 1 aliphatic heterocycles. The zero-order valence-corrected chi connectivity index (χ0v) is 9.08. The fourth-order valence-electron chi connectivity index (χ4n) is 1.52. The van der Waals surface area contributed by atoms with Crippen molar-refractivity contribution in [2.75, 3.05) is 26.2 Å². The molecule has 82 valence electrons. The predicted molar refractivity (Wildman–Crippen MR) is 55.3 cm³/mol. The van der Waals surface area contributed by atoms with E-state index in [0.29, 0.717) is 0 Å². The van der Waals surface area contributed by atoms with Gasteiger partial charge in [0, 0.05) is 26.2 Å². The summed E-state index contributed by atoms with van der Waals surface area (Å²) in [5, 5.41) is 3.20. The minimum Gasteiger partial charge on any atom is -0.446 e. The van der Waals surface area contributed by atoms with Gasteiger partial charge >= 0.3 is 6.09 Å². The summed E-state index contributed by atoms with van der Waals surface area (Å²) in [6.07, 6.45) is 1.72. The van der Waals surface area contributed by atoms with E-state index in [1.54, 1.807) is 4.90 Å². The van der Waals surface area contributed by atoms with E-state index in [9.17, 15) is 4.79 Å². The fraction of sp³-hybridized carbons (Fsp3) is 0.900. The van der Waals surface area contributed by atoms with Crippen molar-refractivity contribution in [3.63, 3.8) is 0 Å². The standard InChI is InChI=1S/C10H20N2O2/c1-3-9(4-2)14-10(13)12-7-5-11-6-8-12/h9,11H,3-8H2,1-2H3. The Kier molecular flexibility index (Phi) is 4.73. The Bertz CT molecular complexity index is 175. The Morgan fingerprint density at radius 3 is 2.43 bits per heavy atom. The van der Waals surface area contributed by atoms with Crippen LogP contribution in [-0.2, 0) is 4.74 Å². The second-order valence-corrected chi connectivity index (χ2v) is 3.56. The molecule has 0 bridgehead atoms. The van der Waals surface area contributed by atoms with Crippen LogP contribution in [0.1, 0.15) is 26.7 Å². The average Bonchev–Trinajstić information content (AvgIpc) is 2.26. The van der Waals surface area contributed by atoms with E-state index in [4.69, 9.17) is 4.74 Å². The van der Waals surface area contributed by atoms with Crippen molar-refractivity contribution in [1.29, 1.82) is 0 Å². The van der Waals surface area contributed by atoms with Crippen LogP contribution in [0.3, 0.4) is 0 Å². The number of nitrogens with zero attached hydrogens (tertiary/aromatic N) is 1. The number of carbonyl (C=O) groups is 1. The van der Waals surface area contributed by atoms with Gasteiger partial charge in [-0.3, -0.25) is 0 Å². The summed E-state index contributed by atoms with van der Waals surface area (Å²) in [5.74, 6) is 0. The van der Waals surface area contributed by atoms with Gasteiger partial charge in [-0.1, -0.05) is 13.8 Å². The van der Waals surface area contributed by atoms with Gasteiger partial charge in [-0.2, -0.15) is 0 Å². The maximum Gasteiger partial charge on any atom is 0.410 e. The minimum absolute atomic E-state index is 0.0809. The Morgan fingerprint density at radius 2 is 1.93 bits per heavy atom. The molecule has 0 atom stereocenters. The maximum absolute atomic E-state index is 11.6. The summed E-state index contributed by atoms with van der Waals surface area (Å²) in [4.78, 5) is 13.4. The molecule has 1 rings (SSSR count). The fourth-order valence-corrected chi connectivity index (χ4v) is 1.52. The van der Waals surface area contributed by atoms with Crippen LogP contribution in [-0.4, -0.2) is 43.3 Å². The molecule has 0 unspecified atom stereocenters. The van der Waals surface area contributed by atoms with Crippen molar-refractivity contribution in [3.05, 3.63) is 0 Å². The van der Waals surface area contributed by atoms with E-state index in [0.717, 1.165) is 39.0 Å². The third-order valence-corrected chi connectivity index (χ3v) is 2.55. The summed E-state index contributed by atoms with van der Waals surface area (Å²) in [6.45, 7) is 7.35. The van der Waals surface area contributed by atoms with Crippen molar-refractivity contribution in [2.45, 2.75) is 32.8 Å². The molecule has 14 heavy (non-hydrogen) atoms. The number of nitrogens with one attached hydrogen (secondary N) is 1. The smallest absolute Gasteiger partial charge is 0.410 e. The number of hydrogen-bond acceptors (Lipinski definition) is 3. The van der Waals surface area contributed by atoms with Crippen molar-refractivity contribution in [2.24, 2.45) is 0 Å². The number of hydrogen-bond donors (Lipinski definition) is 1. The second kappa shape index (κ2) is 5.86. The molecule has 0 aromatic heterocycles. The first-order chi connectivity index (χ1) is 6.77. The molecular weight excluding hydrogens is 180 g/mol. The summed E-state index contributed by atoms with van der Waals surface area (Å²) < 4.78 is 5.35. The number of carbonyl (C=O) groups excluding carboxylic acids is 1. The first kappa shape index (κ1) is 11.3. The lowest BCUT2D eigenvalue weighted by atomic mass is 10.2. The van der Waals surface area contributed by atoms with Gasteiger partial charge in [0.15, 0.2) is 0 Å². The zero-order valence-electron chi connectivity index (χ0n) is 9.08. The highest BCUT2D eigenvalue weighted by molar-refractivity contribution is 5.67. The molecule has 0 aromatic carbocycles. The number of rotatable bonds is 3. The molecule has 4 nitrogen and oxygen atoms in total. The number of piperazine rings is 1. The van der Waals surface area contributed by atoms with Gasteiger partial charge in [-0.15, -0.1) is 0 Å². The molecule has 0 aliphatic carbocycles. The second-order valence-electron chi connectivity index (χ2n) is 3.56. The Morgan fingerprint density at radius 1 is 1.36 bits per heavy atom. The quantitative estimate of drug-likeness (QED) is 0.744. The number of amides is 1. The molecule has 0 radical (unpaired) electrons. The van der Waals surface area contributed by atoms with Crippen molar-refractivity contribution in [3.8, 4) is 0 Å². The van der Waals surface area contributed by atoms with Crippen LogP contribution >= 0.6 is 0 Å². The molecule has 1 aliphatic rings. The first-order valence-corrected chi connectivity index (χ1v) is 5.44. The zero-order chi connectivity index (χ0) is 10.4. The summed E-state index contributed by atoms with van der Waals surface area (Å²) in [7, 11) is 0. The maximum atomic E-state index is 11.6. The molecule has 0 spiro atoms. The normalized spacial score (nSPS) is 17.2. The van der Waals surface area contributed by atoms with Gasteiger partial charge in [-0.25, -0.2) is 4.79 Å². The van der Waals surface area contributed by atoms with Crippen LogP contribution < -0.4 is 5.32 Å². The lowest BCUT2D eigenvalue weighted by Crippen LogP contribution is -2.47. The molecule has 1 N–H and O–H groups in total. The summed E-state index contributed by atoms with van der Waals surface area (Å²) in [6, 6.07) is 0. The van der Waals surface area contributed by atoms with Crippen molar-refractivity contribution < 1.29 is 9.53 Å². The largest absolute Gasteiger partial charge is 0.446 e. The van der Waals surface area contributed by atoms with Gasteiger partial charge in [0.25, 0.3) is 0 Å². The summed E-state index contributed by atoms with van der Waals surface area (Å²) in [5.41, 5.74) is 0. The third-order valence-electron chi connectivity index (χ3n) is 2.55. The predicted octanol–water partition coefficient (Wildman–Crippen LogP) is 1.22. The molecule has 1 amide bonds. The van der Waals surface area contributed by atoms with E-state index in [1.807, 2.05) is 13.8 Å². The van der Waals surface area contributed by atoms with E-state index in [2.05, 4.69) is 5.32 Å². The minimum atomic E-state index is -0.153. The highest BCUT2D eigenvalue weighted by Gasteiger charge is 2.19. The number of ether oxygens (including phenoxy) is 1. The Balaban J connectivity index is 2.32. The molecule has 1 fully saturated rings. The highest BCUT2D eigenvalue weighted by Crippen LogP contribution is 2.06. The van der Waals surface area contributed by atoms with Gasteiger partial charge in [0.1, 0.15) is 6.10 Å². The first-order valence-electron chi connectivity index (χ1n) is 5.44. The monoisotopic (exact) mass is 200 g/mol. The average molecular weight is 200 g/mol. The molecule has 1 saturated heterocycles. The third kappa shape index (κ3) is 3.18. The van der Waals surface area contributed by atoms with Crippen LogP contribution in [0.15, 0.2) is 0 Å². The van der Waals surface area contributed by atoms with Gasteiger partial charge in [0.05, 0.1) is 0 Å². The van der Waals surface area contributed by atoms with Gasteiger partial charge in [0.2, 0.25) is 0 Å².